The Kier molecular flexibility index (Phi) is 10.7. The van der Waals surface area contributed by atoms with Crippen LogP contribution >= 0.6 is 0 Å². The SMILES string of the molecule is COc1ccc(-c2c(Cc3ccc(OCCCO)cc3OC)c(O[C@@H]3O[C@H](CO)[C@@H](O)[C@H](O)[C@H]3O)nn2C(C)C)cc1. The Morgan fingerprint density at radius 1 is 0.929 bits per heavy atom. The Morgan fingerprint density at radius 3 is 2.26 bits per heavy atom. The maximum atomic E-state index is 10.7. The molecule has 0 saturated carbocycles. The van der Waals surface area contributed by atoms with Crippen molar-refractivity contribution in [3.63, 3.8) is 0 Å². The van der Waals surface area contributed by atoms with Crippen LogP contribution in [0, 0.1) is 0 Å². The van der Waals surface area contributed by atoms with Crippen LogP contribution in [0.5, 0.6) is 23.1 Å². The van der Waals surface area contributed by atoms with Gasteiger partial charge in [-0.05, 0) is 49.7 Å². The van der Waals surface area contributed by atoms with Crippen LogP contribution in [0.3, 0.4) is 0 Å². The van der Waals surface area contributed by atoms with Gasteiger partial charge in [-0.1, -0.05) is 6.07 Å². The summed E-state index contributed by atoms with van der Waals surface area (Å²) in [4.78, 5) is 0. The number of methoxy groups -OCH3 is 2. The third-order valence-electron chi connectivity index (χ3n) is 7.10. The number of nitrogens with zero attached hydrogens (tertiary/aromatic N) is 2. The molecule has 12 heteroatoms. The van der Waals surface area contributed by atoms with Crippen LogP contribution in [0.4, 0.5) is 0 Å². The highest BCUT2D eigenvalue weighted by Crippen LogP contribution is 2.39. The molecule has 0 amide bonds. The van der Waals surface area contributed by atoms with Crippen molar-refractivity contribution in [3.8, 4) is 34.4 Å². The van der Waals surface area contributed by atoms with E-state index in [9.17, 15) is 20.4 Å². The average Bonchev–Trinajstić information content (AvgIpc) is 3.35. The minimum absolute atomic E-state index is 0.0282. The molecule has 1 aliphatic rings. The number of aliphatic hydroxyl groups is 5. The Hall–Kier alpha value is -3.39. The zero-order chi connectivity index (χ0) is 30.4. The Labute approximate surface area is 244 Å². The molecule has 4 rings (SSSR count). The summed E-state index contributed by atoms with van der Waals surface area (Å²) in [6, 6.07) is 12.9. The summed E-state index contributed by atoms with van der Waals surface area (Å²) in [5, 5.41) is 54.7. The Bertz CT molecular complexity index is 1290. The second-order valence-corrected chi connectivity index (χ2v) is 10.3. The van der Waals surface area contributed by atoms with E-state index in [2.05, 4.69) is 0 Å². The van der Waals surface area contributed by atoms with Crippen LogP contribution in [-0.2, 0) is 11.2 Å². The van der Waals surface area contributed by atoms with Gasteiger partial charge in [-0.3, -0.25) is 4.68 Å². The minimum Gasteiger partial charge on any atom is -0.497 e. The van der Waals surface area contributed by atoms with Crippen molar-refractivity contribution >= 4 is 0 Å². The summed E-state index contributed by atoms with van der Waals surface area (Å²) in [6.07, 6.45) is -6.48. The quantitative estimate of drug-likeness (QED) is 0.185. The molecule has 2 aromatic carbocycles. The van der Waals surface area contributed by atoms with Crippen molar-refractivity contribution in [1.82, 2.24) is 9.78 Å². The molecule has 0 radical (unpaired) electrons. The van der Waals surface area contributed by atoms with Crippen molar-refractivity contribution in [3.05, 3.63) is 53.6 Å². The molecule has 5 N–H and O–H groups in total. The lowest BCUT2D eigenvalue weighted by Crippen LogP contribution is -2.60. The minimum atomic E-state index is -1.60. The number of aliphatic hydroxyl groups excluding tert-OH is 5. The van der Waals surface area contributed by atoms with Gasteiger partial charge in [-0.2, -0.15) is 0 Å². The van der Waals surface area contributed by atoms with E-state index in [1.54, 1.807) is 25.0 Å². The van der Waals surface area contributed by atoms with Crippen molar-refractivity contribution in [2.45, 2.75) is 63.4 Å². The third-order valence-corrected chi connectivity index (χ3v) is 7.10. The molecule has 0 aliphatic carbocycles. The van der Waals surface area contributed by atoms with Gasteiger partial charge in [-0.15, -0.1) is 5.10 Å². The van der Waals surface area contributed by atoms with Crippen LogP contribution in [0.25, 0.3) is 11.3 Å². The largest absolute Gasteiger partial charge is 0.497 e. The van der Waals surface area contributed by atoms with E-state index in [1.165, 1.54) is 0 Å². The lowest BCUT2D eigenvalue weighted by Gasteiger charge is -2.39. The fourth-order valence-electron chi connectivity index (χ4n) is 4.81. The predicted octanol–water partition coefficient (Wildman–Crippen LogP) is 1.68. The molecule has 42 heavy (non-hydrogen) atoms. The summed E-state index contributed by atoms with van der Waals surface area (Å²) >= 11 is 0. The first-order valence-electron chi connectivity index (χ1n) is 13.9. The van der Waals surface area contributed by atoms with Crippen LogP contribution < -0.4 is 18.9 Å². The average molecular weight is 589 g/mol. The highest BCUT2D eigenvalue weighted by Gasteiger charge is 2.45. The van der Waals surface area contributed by atoms with Gasteiger partial charge in [0.15, 0.2) is 0 Å². The molecule has 1 fully saturated rings. The molecule has 1 aromatic heterocycles. The van der Waals surface area contributed by atoms with E-state index in [0.717, 1.165) is 16.8 Å². The molecule has 0 bridgehead atoms. The van der Waals surface area contributed by atoms with E-state index in [0.29, 0.717) is 42.3 Å². The summed E-state index contributed by atoms with van der Waals surface area (Å²) in [5.74, 6) is 1.99. The molecular formula is C30H40N2O10. The first kappa shape index (κ1) is 31.5. The van der Waals surface area contributed by atoms with Crippen LogP contribution in [0.1, 0.15) is 37.4 Å². The second kappa shape index (κ2) is 14.2. The number of aromatic nitrogens is 2. The Balaban J connectivity index is 1.80. The summed E-state index contributed by atoms with van der Waals surface area (Å²) in [7, 11) is 3.15. The summed E-state index contributed by atoms with van der Waals surface area (Å²) in [6.45, 7) is 3.75. The highest BCUT2D eigenvalue weighted by atomic mass is 16.7. The van der Waals surface area contributed by atoms with Gasteiger partial charge in [-0.25, -0.2) is 0 Å². The van der Waals surface area contributed by atoms with Crippen molar-refractivity contribution in [1.29, 1.82) is 0 Å². The second-order valence-electron chi connectivity index (χ2n) is 10.3. The molecule has 230 valence electrons. The maximum absolute atomic E-state index is 10.7. The van der Waals surface area contributed by atoms with Crippen LogP contribution in [0.2, 0.25) is 0 Å². The number of hydrogen-bond acceptors (Lipinski definition) is 11. The van der Waals surface area contributed by atoms with Crippen LogP contribution in [0.15, 0.2) is 42.5 Å². The fraction of sp³-hybridized carbons (Fsp3) is 0.500. The standard InChI is InChI=1S/C30H40N2O10/c1-17(2)32-25(18-6-9-20(38-3)10-7-18)22(14-19-8-11-21(15-23(19)39-4)40-13-5-12-33)29(31-32)42-30-28(37)27(36)26(35)24(16-34)41-30/h6-11,15,17,24,26-28,30,33-37H,5,12-14,16H2,1-4H3/t24-,26-,27+,28-,30+/m1/s1. The predicted molar refractivity (Wildman–Crippen MR) is 152 cm³/mol. The molecule has 0 unspecified atom stereocenters. The van der Waals surface area contributed by atoms with Gasteiger partial charge >= 0.3 is 0 Å². The number of rotatable bonds is 13. The molecule has 1 aliphatic heterocycles. The summed E-state index contributed by atoms with van der Waals surface area (Å²) in [5.41, 5.74) is 3.03. The van der Waals surface area contributed by atoms with Crippen molar-refractivity contribution in [2.24, 2.45) is 0 Å². The van der Waals surface area contributed by atoms with E-state index < -0.39 is 37.3 Å². The molecular weight excluding hydrogens is 548 g/mol. The van der Waals surface area contributed by atoms with E-state index in [4.69, 9.17) is 33.9 Å². The molecule has 5 atom stereocenters. The monoisotopic (exact) mass is 588 g/mol. The number of benzene rings is 2. The molecule has 2 heterocycles. The van der Waals surface area contributed by atoms with Crippen LogP contribution in [-0.4, -0.2) is 100 Å². The molecule has 12 nitrogen and oxygen atoms in total. The fourth-order valence-corrected chi connectivity index (χ4v) is 4.81. The lowest BCUT2D eigenvalue weighted by atomic mass is 9.98. The topological polar surface area (TPSA) is 165 Å². The zero-order valence-electron chi connectivity index (χ0n) is 24.2. The summed E-state index contributed by atoms with van der Waals surface area (Å²) < 4.78 is 30.3. The van der Waals surface area contributed by atoms with Gasteiger partial charge in [0.05, 0.1) is 33.1 Å². The van der Waals surface area contributed by atoms with Crippen molar-refractivity contribution in [2.75, 3.05) is 34.0 Å². The third kappa shape index (κ3) is 6.80. The molecule has 0 spiro atoms. The zero-order valence-corrected chi connectivity index (χ0v) is 24.2. The van der Waals surface area contributed by atoms with E-state index in [-0.39, 0.29) is 18.5 Å². The highest BCUT2D eigenvalue weighted by molar-refractivity contribution is 5.68. The molecule has 1 saturated heterocycles. The van der Waals surface area contributed by atoms with Gasteiger partial charge in [0, 0.05) is 42.7 Å². The Morgan fingerprint density at radius 2 is 1.64 bits per heavy atom. The normalized spacial score (nSPS) is 22.3. The van der Waals surface area contributed by atoms with Gasteiger partial charge in [0.25, 0.3) is 0 Å². The first-order valence-corrected chi connectivity index (χ1v) is 13.9. The number of ether oxygens (including phenoxy) is 5. The molecule has 3 aromatic rings. The number of hydrogen-bond donors (Lipinski definition) is 5. The van der Waals surface area contributed by atoms with E-state index >= 15 is 0 Å². The van der Waals surface area contributed by atoms with Crippen molar-refractivity contribution < 1.29 is 49.2 Å². The van der Waals surface area contributed by atoms with Gasteiger partial charge in [0.2, 0.25) is 12.2 Å². The lowest BCUT2D eigenvalue weighted by molar-refractivity contribution is -0.278. The maximum Gasteiger partial charge on any atom is 0.239 e. The van der Waals surface area contributed by atoms with Gasteiger partial charge < -0.3 is 49.2 Å². The first-order chi connectivity index (χ1) is 20.2. The van der Waals surface area contributed by atoms with E-state index in [1.807, 2.05) is 50.2 Å². The van der Waals surface area contributed by atoms with Gasteiger partial charge in [0.1, 0.15) is 41.7 Å². The smallest absolute Gasteiger partial charge is 0.239 e.